The first-order valence-corrected chi connectivity index (χ1v) is 2.49. The van der Waals surface area contributed by atoms with Gasteiger partial charge in [0, 0.05) is 0 Å². The molecule has 0 amide bonds. The molecule has 0 aromatic carbocycles. The molecule has 0 aromatic rings. The number of nitrogens with two attached hydrogens (primary N) is 2. The highest BCUT2D eigenvalue weighted by atomic mass is 35.5. The van der Waals surface area contributed by atoms with E-state index in [4.69, 9.17) is 9.47 Å². The first kappa shape index (κ1) is 11.9. The topological polar surface area (TPSA) is 70.5 Å². The Morgan fingerprint density at radius 2 is 1.00 bits per heavy atom. The minimum atomic E-state index is 0. The lowest BCUT2D eigenvalue weighted by atomic mass is 10.6. The lowest BCUT2D eigenvalue weighted by molar-refractivity contribution is -0.0334. The molecule has 0 atom stereocenters. The molecule has 0 radical (unpaired) electrons. The molecule has 58 valence electrons. The number of rotatable bonds is 0. The molecule has 0 aromatic heterocycles. The summed E-state index contributed by atoms with van der Waals surface area (Å²) in [6.45, 7) is 3.11. The molecule has 1 aliphatic rings. The van der Waals surface area contributed by atoms with Crippen molar-refractivity contribution < 1.29 is 9.47 Å². The molecular weight excluding hydrogens is 144 g/mol. The van der Waals surface area contributed by atoms with Crippen LogP contribution in [0.5, 0.6) is 0 Å². The minimum Gasteiger partial charge on any atom is -0.377 e. The van der Waals surface area contributed by atoms with E-state index in [2.05, 4.69) is 11.7 Å². The zero-order valence-electron chi connectivity index (χ0n) is 5.21. The third-order valence-electron chi connectivity index (χ3n) is 0.744. The van der Waals surface area contributed by atoms with Gasteiger partial charge in [0.05, 0.1) is 26.4 Å². The van der Waals surface area contributed by atoms with Gasteiger partial charge in [0.2, 0.25) is 0 Å². The Morgan fingerprint density at radius 1 is 0.778 bits per heavy atom. The molecule has 0 saturated carbocycles. The van der Waals surface area contributed by atoms with Crippen LogP contribution in [-0.2, 0) is 9.47 Å². The molecule has 5 heteroatoms. The molecule has 9 heavy (non-hydrogen) atoms. The SMILES string of the molecule is C1COCCO1.Cl.NN. The summed E-state index contributed by atoms with van der Waals surface area (Å²) in [7, 11) is 0. The van der Waals surface area contributed by atoms with Crippen LogP contribution in [0.3, 0.4) is 0 Å². The highest BCUT2D eigenvalue weighted by molar-refractivity contribution is 5.85. The number of hydrazine groups is 1. The first-order chi connectivity index (χ1) is 4.00. The van der Waals surface area contributed by atoms with Gasteiger partial charge < -0.3 is 9.47 Å². The Kier molecular flexibility index (Phi) is 14.5. The van der Waals surface area contributed by atoms with Crippen LogP contribution < -0.4 is 11.7 Å². The zero-order chi connectivity index (χ0) is 6.24. The van der Waals surface area contributed by atoms with Crippen molar-refractivity contribution in [2.24, 2.45) is 11.7 Å². The summed E-state index contributed by atoms with van der Waals surface area (Å²) in [5, 5.41) is 0. The lowest BCUT2D eigenvalue weighted by Gasteiger charge is -2.09. The van der Waals surface area contributed by atoms with Crippen LogP contribution in [0.4, 0.5) is 0 Å². The molecule has 0 spiro atoms. The van der Waals surface area contributed by atoms with E-state index in [1.807, 2.05) is 0 Å². The van der Waals surface area contributed by atoms with E-state index in [0.717, 1.165) is 26.4 Å². The molecule has 1 rings (SSSR count). The number of hydrogen-bond donors (Lipinski definition) is 2. The number of halogens is 1. The maximum absolute atomic E-state index is 4.94. The molecule has 0 unspecified atom stereocenters. The first-order valence-electron chi connectivity index (χ1n) is 2.49. The van der Waals surface area contributed by atoms with Gasteiger partial charge in [-0.1, -0.05) is 0 Å². The van der Waals surface area contributed by atoms with Crippen LogP contribution in [0.2, 0.25) is 0 Å². The van der Waals surface area contributed by atoms with Crippen LogP contribution >= 0.6 is 12.4 Å². The summed E-state index contributed by atoms with van der Waals surface area (Å²) in [6, 6.07) is 0. The second-order valence-electron chi connectivity index (χ2n) is 1.22. The minimum absolute atomic E-state index is 0. The van der Waals surface area contributed by atoms with Crippen molar-refractivity contribution in [1.82, 2.24) is 0 Å². The average molecular weight is 157 g/mol. The van der Waals surface area contributed by atoms with Crippen molar-refractivity contribution in [2.75, 3.05) is 26.4 Å². The fourth-order valence-electron chi connectivity index (χ4n) is 0.440. The van der Waals surface area contributed by atoms with Crippen molar-refractivity contribution >= 4 is 12.4 Å². The molecule has 1 saturated heterocycles. The van der Waals surface area contributed by atoms with E-state index < -0.39 is 0 Å². The Labute approximate surface area is 60.9 Å². The predicted molar refractivity (Wildman–Crippen MR) is 37.3 cm³/mol. The summed E-state index contributed by atoms with van der Waals surface area (Å²) in [5.41, 5.74) is 0. The second kappa shape index (κ2) is 11.0. The van der Waals surface area contributed by atoms with Crippen molar-refractivity contribution in [3.63, 3.8) is 0 Å². The maximum atomic E-state index is 4.94. The summed E-state index contributed by atoms with van der Waals surface area (Å²) < 4.78 is 9.89. The van der Waals surface area contributed by atoms with E-state index in [-0.39, 0.29) is 12.4 Å². The third-order valence-corrected chi connectivity index (χ3v) is 0.744. The number of ether oxygens (including phenoxy) is 2. The van der Waals surface area contributed by atoms with Crippen molar-refractivity contribution in [2.45, 2.75) is 0 Å². The average Bonchev–Trinajstić information content (AvgIpc) is 1.96. The van der Waals surface area contributed by atoms with E-state index in [1.54, 1.807) is 0 Å². The molecule has 4 N–H and O–H groups in total. The summed E-state index contributed by atoms with van der Waals surface area (Å²) >= 11 is 0. The lowest BCUT2D eigenvalue weighted by Crippen LogP contribution is -2.16. The molecule has 1 heterocycles. The molecule has 4 nitrogen and oxygen atoms in total. The van der Waals surface area contributed by atoms with Crippen molar-refractivity contribution in [1.29, 1.82) is 0 Å². The van der Waals surface area contributed by atoms with Gasteiger partial charge in [-0.25, -0.2) is 0 Å². The van der Waals surface area contributed by atoms with Crippen LogP contribution in [0.1, 0.15) is 0 Å². The smallest absolute Gasteiger partial charge is 0.0701 e. The van der Waals surface area contributed by atoms with Gasteiger partial charge in [0.15, 0.2) is 0 Å². The molecule has 0 bridgehead atoms. The fourth-order valence-corrected chi connectivity index (χ4v) is 0.440. The standard InChI is InChI=1S/C4H8O2.ClH.H4N2/c1-2-6-4-3-5-1;;1-2/h1-4H2;1H;1-2H2. The van der Waals surface area contributed by atoms with Crippen LogP contribution in [0.25, 0.3) is 0 Å². The quantitative estimate of drug-likeness (QED) is 0.359. The van der Waals surface area contributed by atoms with E-state index >= 15 is 0 Å². The van der Waals surface area contributed by atoms with Gasteiger partial charge in [0.1, 0.15) is 0 Å². The van der Waals surface area contributed by atoms with Crippen molar-refractivity contribution in [3.05, 3.63) is 0 Å². The highest BCUT2D eigenvalue weighted by Gasteiger charge is 1.94. The summed E-state index contributed by atoms with van der Waals surface area (Å²) in [6.07, 6.45) is 0. The summed E-state index contributed by atoms with van der Waals surface area (Å²) in [4.78, 5) is 0. The Hall–Kier alpha value is 0.130. The van der Waals surface area contributed by atoms with Gasteiger partial charge in [-0.15, -0.1) is 12.4 Å². The maximum Gasteiger partial charge on any atom is 0.0701 e. The fraction of sp³-hybridized carbons (Fsp3) is 1.00. The van der Waals surface area contributed by atoms with Gasteiger partial charge in [0.25, 0.3) is 0 Å². The van der Waals surface area contributed by atoms with Crippen LogP contribution in [-0.4, -0.2) is 26.4 Å². The molecule has 1 aliphatic heterocycles. The predicted octanol–water partition coefficient (Wildman–Crippen LogP) is -0.726. The van der Waals surface area contributed by atoms with E-state index in [1.165, 1.54) is 0 Å². The van der Waals surface area contributed by atoms with Crippen LogP contribution in [0.15, 0.2) is 0 Å². The normalized spacial score (nSPS) is 16.7. The van der Waals surface area contributed by atoms with Gasteiger partial charge >= 0.3 is 0 Å². The summed E-state index contributed by atoms with van der Waals surface area (Å²) in [5.74, 6) is 8.00. The Morgan fingerprint density at radius 3 is 1.11 bits per heavy atom. The van der Waals surface area contributed by atoms with Gasteiger partial charge in [-0.3, -0.25) is 11.7 Å². The third kappa shape index (κ3) is 8.13. The largest absolute Gasteiger partial charge is 0.377 e. The second-order valence-corrected chi connectivity index (χ2v) is 1.22. The van der Waals surface area contributed by atoms with Gasteiger partial charge in [-0.05, 0) is 0 Å². The highest BCUT2D eigenvalue weighted by Crippen LogP contribution is 1.85. The van der Waals surface area contributed by atoms with Crippen molar-refractivity contribution in [3.8, 4) is 0 Å². The zero-order valence-corrected chi connectivity index (χ0v) is 6.02. The monoisotopic (exact) mass is 156 g/mol. The number of hydrogen-bond acceptors (Lipinski definition) is 4. The molecule has 0 aliphatic carbocycles. The Balaban J connectivity index is 0. The molecular formula is C4H13ClN2O2. The van der Waals surface area contributed by atoms with E-state index in [0.29, 0.717) is 0 Å². The molecule has 1 fully saturated rings. The van der Waals surface area contributed by atoms with E-state index in [9.17, 15) is 0 Å². The van der Waals surface area contributed by atoms with Crippen LogP contribution in [0, 0.1) is 0 Å². The Bertz CT molecular complexity index is 32.0. The van der Waals surface area contributed by atoms with Gasteiger partial charge in [-0.2, -0.15) is 0 Å².